The van der Waals surface area contributed by atoms with E-state index in [0.29, 0.717) is 0 Å². The number of aliphatic hydroxyl groups is 1. The van der Waals surface area contributed by atoms with Crippen LogP contribution in [0.1, 0.15) is 36.2 Å². The van der Waals surface area contributed by atoms with E-state index in [1.165, 1.54) is 5.56 Å². The normalized spacial score (nSPS) is 11.8. The summed E-state index contributed by atoms with van der Waals surface area (Å²) < 4.78 is 0. The lowest BCUT2D eigenvalue weighted by molar-refractivity contribution is 0.281. The number of thiazole rings is 1. The second kappa shape index (κ2) is 4.82. The van der Waals surface area contributed by atoms with Gasteiger partial charge < -0.3 is 5.11 Å². The third-order valence-electron chi connectivity index (χ3n) is 3.00. The van der Waals surface area contributed by atoms with Crippen molar-refractivity contribution < 1.29 is 5.11 Å². The first-order chi connectivity index (χ1) is 8.41. The highest BCUT2D eigenvalue weighted by molar-refractivity contribution is 7.12. The Kier molecular flexibility index (Phi) is 3.55. The van der Waals surface area contributed by atoms with Gasteiger partial charge in [0.2, 0.25) is 0 Å². The van der Waals surface area contributed by atoms with Crippen LogP contribution in [0.3, 0.4) is 0 Å². The standard InChI is InChI=1S/C15H19NOS/c1-10-14(16-13(9-17)18-10)11-5-7-12(8-6-11)15(2,3)4/h5-8,17H,9H2,1-4H3. The molecule has 1 heterocycles. The Balaban J connectivity index is 2.37. The van der Waals surface area contributed by atoms with Crippen LogP contribution in [0.15, 0.2) is 24.3 Å². The zero-order valence-electron chi connectivity index (χ0n) is 11.3. The van der Waals surface area contributed by atoms with E-state index >= 15 is 0 Å². The van der Waals surface area contributed by atoms with E-state index in [-0.39, 0.29) is 12.0 Å². The summed E-state index contributed by atoms with van der Waals surface area (Å²) in [5.74, 6) is 0. The molecule has 2 aromatic rings. The number of aliphatic hydroxyl groups excluding tert-OH is 1. The molecule has 96 valence electrons. The maximum absolute atomic E-state index is 9.12. The minimum absolute atomic E-state index is 0.0194. The summed E-state index contributed by atoms with van der Waals surface area (Å²) in [6.45, 7) is 8.69. The van der Waals surface area contributed by atoms with E-state index in [9.17, 15) is 0 Å². The van der Waals surface area contributed by atoms with E-state index in [4.69, 9.17) is 5.11 Å². The second-order valence-corrected chi connectivity index (χ2v) is 6.79. The van der Waals surface area contributed by atoms with Crippen molar-refractivity contribution in [2.24, 2.45) is 0 Å². The average molecular weight is 261 g/mol. The number of aryl methyl sites for hydroxylation is 1. The quantitative estimate of drug-likeness (QED) is 0.889. The van der Waals surface area contributed by atoms with Crippen molar-refractivity contribution in [3.05, 3.63) is 39.7 Å². The van der Waals surface area contributed by atoms with Gasteiger partial charge in [-0.1, -0.05) is 45.0 Å². The van der Waals surface area contributed by atoms with E-state index in [2.05, 4.69) is 50.0 Å². The van der Waals surface area contributed by atoms with Crippen LogP contribution in [-0.2, 0) is 12.0 Å². The van der Waals surface area contributed by atoms with Crippen molar-refractivity contribution in [1.29, 1.82) is 0 Å². The number of hydrogen-bond donors (Lipinski definition) is 1. The number of rotatable bonds is 2. The molecule has 1 N–H and O–H groups in total. The largest absolute Gasteiger partial charge is 0.389 e. The summed E-state index contributed by atoms with van der Waals surface area (Å²) in [6.07, 6.45) is 0. The zero-order valence-corrected chi connectivity index (χ0v) is 12.1. The molecule has 0 saturated carbocycles. The molecule has 0 unspecified atom stereocenters. The minimum Gasteiger partial charge on any atom is -0.389 e. The molecule has 0 fully saturated rings. The molecule has 1 aromatic carbocycles. The van der Waals surface area contributed by atoms with Crippen LogP contribution in [0.25, 0.3) is 11.3 Å². The SMILES string of the molecule is Cc1sc(CO)nc1-c1ccc(C(C)(C)C)cc1. The van der Waals surface area contributed by atoms with E-state index in [1.807, 2.05) is 6.92 Å². The van der Waals surface area contributed by atoms with Gasteiger partial charge in [-0.15, -0.1) is 11.3 Å². The van der Waals surface area contributed by atoms with Crippen LogP contribution >= 0.6 is 11.3 Å². The van der Waals surface area contributed by atoms with E-state index in [1.54, 1.807) is 11.3 Å². The monoisotopic (exact) mass is 261 g/mol. The first kappa shape index (κ1) is 13.2. The lowest BCUT2D eigenvalue weighted by Gasteiger charge is -2.19. The Bertz CT molecular complexity index is 535. The summed E-state index contributed by atoms with van der Waals surface area (Å²) >= 11 is 1.56. The Labute approximate surface area is 112 Å². The van der Waals surface area contributed by atoms with Gasteiger partial charge in [-0.2, -0.15) is 0 Å². The van der Waals surface area contributed by atoms with Crippen LogP contribution < -0.4 is 0 Å². The topological polar surface area (TPSA) is 33.1 Å². The van der Waals surface area contributed by atoms with Gasteiger partial charge in [-0.3, -0.25) is 0 Å². The molecule has 18 heavy (non-hydrogen) atoms. The summed E-state index contributed by atoms with van der Waals surface area (Å²) in [5, 5.41) is 9.90. The minimum atomic E-state index is 0.0194. The molecule has 0 saturated heterocycles. The fraction of sp³-hybridized carbons (Fsp3) is 0.400. The highest BCUT2D eigenvalue weighted by Gasteiger charge is 2.14. The predicted molar refractivity (Wildman–Crippen MR) is 76.9 cm³/mol. The molecule has 0 amide bonds. The molecule has 0 aliphatic heterocycles. The van der Waals surface area contributed by atoms with E-state index < -0.39 is 0 Å². The molecule has 0 aliphatic rings. The van der Waals surface area contributed by atoms with Gasteiger partial charge in [-0.05, 0) is 17.9 Å². The van der Waals surface area contributed by atoms with Crippen LogP contribution in [0, 0.1) is 6.92 Å². The highest BCUT2D eigenvalue weighted by Crippen LogP contribution is 2.30. The molecule has 0 aliphatic carbocycles. The molecule has 0 spiro atoms. The maximum atomic E-state index is 9.12. The second-order valence-electron chi connectivity index (χ2n) is 5.50. The molecular weight excluding hydrogens is 242 g/mol. The molecule has 1 aromatic heterocycles. The first-order valence-electron chi connectivity index (χ1n) is 6.10. The molecule has 3 heteroatoms. The third kappa shape index (κ3) is 2.62. The van der Waals surface area contributed by atoms with Crippen molar-refractivity contribution in [3.8, 4) is 11.3 Å². The zero-order chi connectivity index (χ0) is 13.3. The van der Waals surface area contributed by atoms with Gasteiger partial charge >= 0.3 is 0 Å². The van der Waals surface area contributed by atoms with Gasteiger partial charge in [0.25, 0.3) is 0 Å². The van der Waals surface area contributed by atoms with Crippen molar-refractivity contribution in [2.45, 2.75) is 39.7 Å². The Morgan fingerprint density at radius 3 is 2.22 bits per heavy atom. The lowest BCUT2D eigenvalue weighted by atomic mass is 9.86. The van der Waals surface area contributed by atoms with Crippen molar-refractivity contribution in [2.75, 3.05) is 0 Å². The molecular formula is C15H19NOS. The van der Waals surface area contributed by atoms with Crippen LogP contribution in [0.2, 0.25) is 0 Å². The van der Waals surface area contributed by atoms with Gasteiger partial charge in [-0.25, -0.2) is 4.98 Å². The highest BCUT2D eigenvalue weighted by atomic mass is 32.1. The first-order valence-corrected chi connectivity index (χ1v) is 6.91. The summed E-state index contributed by atoms with van der Waals surface area (Å²) in [6, 6.07) is 8.55. The van der Waals surface area contributed by atoms with Crippen molar-refractivity contribution >= 4 is 11.3 Å². The molecule has 2 rings (SSSR count). The molecule has 0 radical (unpaired) electrons. The molecule has 0 atom stereocenters. The maximum Gasteiger partial charge on any atom is 0.119 e. The van der Waals surface area contributed by atoms with Crippen LogP contribution in [0.4, 0.5) is 0 Å². The molecule has 2 nitrogen and oxygen atoms in total. The van der Waals surface area contributed by atoms with Gasteiger partial charge in [0.1, 0.15) is 5.01 Å². The number of aromatic nitrogens is 1. The van der Waals surface area contributed by atoms with Crippen molar-refractivity contribution in [1.82, 2.24) is 4.98 Å². The van der Waals surface area contributed by atoms with Crippen molar-refractivity contribution in [3.63, 3.8) is 0 Å². The lowest BCUT2D eigenvalue weighted by Crippen LogP contribution is -2.10. The Hall–Kier alpha value is -1.19. The van der Waals surface area contributed by atoms with Gasteiger partial charge in [0.15, 0.2) is 0 Å². The van der Waals surface area contributed by atoms with Crippen LogP contribution in [0.5, 0.6) is 0 Å². The van der Waals surface area contributed by atoms with E-state index in [0.717, 1.165) is 21.1 Å². The van der Waals surface area contributed by atoms with Gasteiger partial charge in [0, 0.05) is 10.4 Å². The average Bonchev–Trinajstić information content (AvgIpc) is 2.70. The fourth-order valence-corrected chi connectivity index (χ4v) is 2.73. The Morgan fingerprint density at radius 1 is 1.17 bits per heavy atom. The summed E-state index contributed by atoms with van der Waals surface area (Å²) in [5.41, 5.74) is 3.61. The molecule has 0 bridgehead atoms. The summed E-state index contributed by atoms with van der Waals surface area (Å²) in [7, 11) is 0. The Morgan fingerprint density at radius 2 is 1.78 bits per heavy atom. The third-order valence-corrected chi connectivity index (χ3v) is 3.96. The number of hydrogen-bond acceptors (Lipinski definition) is 3. The van der Waals surface area contributed by atoms with Gasteiger partial charge in [0.05, 0.1) is 12.3 Å². The smallest absolute Gasteiger partial charge is 0.119 e. The summed E-state index contributed by atoms with van der Waals surface area (Å²) in [4.78, 5) is 5.61. The number of benzene rings is 1. The number of nitrogens with zero attached hydrogens (tertiary/aromatic N) is 1. The predicted octanol–water partition coefficient (Wildman–Crippen LogP) is 3.91. The fourth-order valence-electron chi connectivity index (χ4n) is 1.91. The van der Waals surface area contributed by atoms with Crippen LogP contribution in [-0.4, -0.2) is 10.1 Å².